The van der Waals surface area contributed by atoms with E-state index in [1.807, 2.05) is 20.8 Å². The molecule has 1 saturated heterocycles. The summed E-state index contributed by atoms with van der Waals surface area (Å²) in [5, 5.41) is 0. The number of alkyl halides is 2. The predicted molar refractivity (Wildman–Crippen MR) is 97.6 cm³/mol. The molecule has 1 aliphatic carbocycles. The maximum atomic E-state index is 13.7. The van der Waals surface area contributed by atoms with Crippen LogP contribution in [-0.2, 0) is 14.3 Å². The fraction of sp³-hybridized carbons (Fsp3) is 0.900. The number of amides is 1. The number of carbonyl (C=O) groups excluding carboxylic acids is 2. The number of hydrogen-bond acceptors (Lipinski definition) is 4. The van der Waals surface area contributed by atoms with Gasteiger partial charge in [-0.25, -0.2) is 13.6 Å². The number of hydrogen-bond donors (Lipinski definition) is 0. The Kier molecular flexibility index (Phi) is 7.09. The van der Waals surface area contributed by atoms with E-state index in [0.29, 0.717) is 39.0 Å². The fourth-order valence-electron chi connectivity index (χ4n) is 4.32. The van der Waals surface area contributed by atoms with Crippen LogP contribution in [0, 0.1) is 17.8 Å². The first-order valence-electron chi connectivity index (χ1n) is 10.0. The van der Waals surface area contributed by atoms with Crippen molar-refractivity contribution >= 4 is 12.1 Å². The Balaban J connectivity index is 1.98. The largest absolute Gasteiger partial charge is 0.466 e. The Morgan fingerprint density at radius 2 is 1.78 bits per heavy atom. The maximum Gasteiger partial charge on any atom is 0.410 e. The van der Waals surface area contributed by atoms with Crippen LogP contribution in [-0.4, -0.2) is 48.2 Å². The van der Waals surface area contributed by atoms with Crippen molar-refractivity contribution in [1.82, 2.24) is 4.90 Å². The van der Waals surface area contributed by atoms with Crippen LogP contribution < -0.4 is 0 Å². The van der Waals surface area contributed by atoms with E-state index in [9.17, 15) is 18.4 Å². The molecule has 0 N–H and O–H groups in total. The van der Waals surface area contributed by atoms with Gasteiger partial charge in [-0.2, -0.15) is 0 Å². The van der Waals surface area contributed by atoms with Crippen LogP contribution >= 0.6 is 0 Å². The van der Waals surface area contributed by atoms with E-state index in [4.69, 9.17) is 9.47 Å². The van der Waals surface area contributed by atoms with Crippen molar-refractivity contribution in [2.75, 3.05) is 19.7 Å². The topological polar surface area (TPSA) is 55.8 Å². The molecule has 0 aromatic heterocycles. The summed E-state index contributed by atoms with van der Waals surface area (Å²) >= 11 is 0. The number of piperidine rings is 1. The van der Waals surface area contributed by atoms with Crippen molar-refractivity contribution in [3.05, 3.63) is 0 Å². The van der Waals surface area contributed by atoms with E-state index in [1.54, 1.807) is 11.8 Å². The van der Waals surface area contributed by atoms with Crippen molar-refractivity contribution < 1.29 is 27.8 Å². The fourth-order valence-corrected chi connectivity index (χ4v) is 4.32. The van der Waals surface area contributed by atoms with Crippen LogP contribution in [0.25, 0.3) is 0 Å². The van der Waals surface area contributed by atoms with Crippen molar-refractivity contribution in [3.63, 3.8) is 0 Å². The standard InChI is InChI=1S/C20H33F2NO4/c1-5-26-17(24)12-16(15-6-9-20(21,22)13-15)14-7-10-23(11-8-14)18(25)27-19(2,3)4/h14-16H,5-13H2,1-4H3. The quantitative estimate of drug-likeness (QED) is 0.643. The Morgan fingerprint density at radius 3 is 2.26 bits per heavy atom. The van der Waals surface area contributed by atoms with Crippen molar-refractivity contribution in [1.29, 1.82) is 0 Å². The van der Waals surface area contributed by atoms with Gasteiger partial charge in [0.1, 0.15) is 5.60 Å². The lowest BCUT2D eigenvalue weighted by atomic mass is 9.74. The highest BCUT2D eigenvalue weighted by molar-refractivity contribution is 5.70. The van der Waals surface area contributed by atoms with Gasteiger partial charge in [0.05, 0.1) is 6.61 Å². The number of nitrogens with zero attached hydrogens (tertiary/aromatic N) is 1. The molecule has 0 spiro atoms. The van der Waals surface area contributed by atoms with Crippen molar-refractivity contribution in [2.45, 2.75) is 77.7 Å². The lowest BCUT2D eigenvalue weighted by Crippen LogP contribution is -2.43. The van der Waals surface area contributed by atoms with Gasteiger partial charge in [0, 0.05) is 32.4 Å². The van der Waals surface area contributed by atoms with Crippen LogP contribution in [0.3, 0.4) is 0 Å². The molecule has 2 fully saturated rings. The summed E-state index contributed by atoms with van der Waals surface area (Å²) in [7, 11) is 0. The van der Waals surface area contributed by atoms with Crippen molar-refractivity contribution in [3.8, 4) is 0 Å². The minimum Gasteiger partial charge on any atom is -0.466 e. The summed E-state index contributed by atoms with van der Waals surface area (Å²) in [6.45, 7) is 8.58. The average molecular weight is 389 g/mol. The number of ether oxygens (including phenoxy) is 2. The van der Waals surface area contributed by atoms with E-state index < -0.39 is 11.5 Å². The molecule has 0 aromatic carbocycles. The van der Waals surface area contributed by atoms with Crippen LogP contribution in [0.1, 0.15) is 66.2 Å². The van der Waals surface area contributed by atoms with Gasteiger partial charge in [-0.05, 0) is 64.7 Å². The molecule has 0 aromatic rings. The summed E-state index contributed by atoms with van der Waals surface area (Å²) in [5.74, 6) is -3.07. The molecule has 7 heteroatoms. The molecule has 2 rings (SSSR count). The van der Waals surface area contributed by atoms with E-state index in [1.165, 1.54) is 0 Å². The summed E-state index contributed by atoms with van der Waals surface area (Å²) in [4.78, 5) is 25.9. The monoisotopic (exact) mass is 389 g/mol. The molecule has 2 aliphatic rings. The molecule has 5 nitrogen and oxygen atoms in total. The zero-order valence-electron chi connectivity index (χ0n) is 16.9. The third kappa shape index (κ3) is 6.61. The van der Waals surface area contributed by atoms with Gasteiger partial charge in [0.25, 0.3) is 0 Å². The molecule has 0 radical (unpaired) electrons. The van der Waals surface area contributed by atoms with E-state index in [-0.39, 0.29) is 49.1 Å². The van der Waals surface area contributed by atoms with Gasteiger partial charge in [0.15, 0.2) is 0 Å². The molecule has 2 unspecified atom stereocenters. The molecular formula is C20H33F2NO4. The summed E-state index contributed by atoms with van der Waals surface area (Å²) in [6.07, 6.45) is 1.44. The molecule has 0 bridgehead atoms. The zero-order chi connectivity index (χ0) is 20.2. The van der Waals surface area contributed by atoms with Crippen LogP contribution in [0.2, 0.25) is 0 Å². The highest BCUT2D eigenvalue weighted by Gasteiger charge is 2.45. The first kappa shape index (κ1) is 21.9. The van der Waals surface area contributed by atoms with Crippen LogP contribution in [0.5, 0.6) is 0 Å². The summed E-state index contributed by atoms with van der Waals surface area (Å²) < 4.78 is 38.0. The normalized spacial score (nSPS) is 24.5. The van der Waals surface area contributed by atoms with E-state index in [0.717, 1.165) is 0 Å². The van der Waals surface area contributed by atoms with Gasteiger partial charge in [0.2, 0.25) is 5.92 Å². The highest BCUT2D eigenvalue weighted by atomic mass is 19.3. The summed E-state index contributed by atoms with van der Waals surface area (Å²) in [5.41, 5.74) is -0.546. The van der Waals surface area contributed by atoms with Crippen molar-refractivity contribution in [2.24, 2.45) is 17.8 Å². The van der Waals surface area contributed by atoms with Gasteiger partial charge in [-0.3, -0.25) is 4.79 Å². The lowest BCUT2D eigenvalue weighted by Gasteiger charge is -2.38. The molecule has 1 aliphatic heterocycles. The molecule has 27 heavy (non-hydrogen) atoms. The Morgan fingerprint density at radius 1 is 1.15 bits per heavy atom. The highest BCUT2D eigenvalue weighted by Crippen LogP contribution is 2.47. The second-order valence-electron chi connectivity index (χ2n) is 8.84. The molecule has 156 valence electrons. The second kappa shape index (κ2) is 8.74. The lowest BCUT2D eigenvalue weighted by molar-refractivity contribution is -0.145. The first-order chi connectivity index (χ1) is 12.5. The van der Waals surface area contributed by atoms with Gasteiger partial charge >= 0.3 is 12.1 Å². The number of carbonyl (C=O) groups is 2. The van der Waals surface area contributed by atoms with Gasteiger partial charge < -0.3 is 14.4 Å². The van der Waals surface area contributed by atoms with E-state index >= 15 is 0 Å². The first-order valence-corrected chi connectivity index (χ1v) is 10.0. The molecular weight excluding hydrogens is 356 g/mol. The molecule has 1 heterocycles. The Labute approximate surface area is 160 Å². The Bertz CT molecular complexity index is 525. The smallest absolute Gasteiger partial charge is 0.410 e. The minimum absolute atomic E-state index is 0.103. The molecule has 1 saturated carbocycles. The third-order valence-corrected chi connectivity index (χ3v) is 5.55. The predicted octanol–water partition coefficient (Wildman–Crippen LogP) is 4.64. The van der Waals surface area contributed by atoms with E-state index in [2.05, 4.69) is 0 Å². The van der Waals surface area contributed by atoms with Crippen LogP contribution in [0.4, 0.5) is 13.6 Å². The number of likely N-dealkylation sites (tertiary alicyclic amines) is 1. The molecule has 2 atom stereocenters. The minimum atomic E-state index is -2.63. The molecule has 1 amide bonds. The summed E-state index contributed by atoms with van der Waals surface area (Å²) in [6, 6.07) is 0. The Hall–Kier alpha value is -1.40. The zero-order valence-corrected chi connectivity index (χ0v) is 16.9. The van der Waals surface area contributed by atoms with Gasteiger partial charge in [-0.1, -0.05) is 0 Å². The number of rotatable bonds is 5. The van der Waals surface area contributed by atoms with Crippen LogP contribution in [0.15, 0.2) is 0 Å². The maximum absolute atomic E-state index is 13.7. The second-order valence-corrected chi connectivity index (χ2v) is 8.84. The SMILES string of the molecule is CCOC(=O)CC(C1CCN(C(=O)OC(C)(C)C)CC1)C1CCC(F)(F)C1. The average Bonchev–Trinajstić information content (AvgIpc) is 2.91. The number of esters is 1. The van der Waals surface area contributed by atoms with Gasteiger partial charge in [-0.15, -0.1) is 0 Å². The third-order valence-electron chi connectivity index (χ3n) is 5.55. The number of halogens is 2.